The largest absolute Gasteiger partial charge is 0.465 e. The van der Waals surface area contributed by atoms with Crippen LogP contribution in [0.4, 0.5) is 5.69 Å². The molecule has 0 bridgehead atoms. The number of fused-ring (bicyclic) bond motifs is 2. The first-order valence-electron chi connectivity index (χ1n) is 13.5. The Balaban J connectivity index is 1.29. The molecule has 0 aromatic heterocycles. The monoisotopic (exact) mass is 547 g/mol. The highest BCUT2D eigenvalue weighted by Gasteiger charge is 2.43. The molecule has 204 valence electrons. The first-order chi connectivity index (χ1) is 19.0. The number of piperidine rings is 1. The molecule has 0 saturated carbocycles. The quantitative estimate of drug-likeness (QED) is 0.365. The summed E-state index contributed by atoms with van der Waals surface area (Å²) >= 11 is 6.41. The molecule has 2 aliphatic heterocycles. The van der Waals surface area contributed by atoms with E-state index in [0.29, 0.717) is 31.3 Å². The summed E-state index contributed by atoms with van der Waals surface area (Å²) < 4.78 is 11.3. The van der Waals surface area contributed by atoms with Crippen molar-refractivity contribution in [3.63, 3.8) is 0 Å². The van der Waals surface area contributed by atoms with Gasteiger partial charge in [-0.05, 0) is 60.2 Å². The number of likely N-dealkylation sites (tertiary alicyclic amines) is 1. The van der Waals surface area contributed by atoms with Crippen molar-refractivity contribution in [2.24, 2.45) is 0 Å². The summed E-state index contributed by atoms with van der Waals surface area (Å²) in [4.78, 5) is 27.3. The van der Waals surface area contributed by atoms with Gasteiger partial charge in [-0.1, -0.05) is 66.2 Å². The Bertz CT molecular complexity index is 1310. The van der Waals surface area contributed by atoms with Crippen LogP contribution >= 0.6 is 11.6 Å². The summed E-state index contributed by atoms with van der Waals surface area (Å²) in [6.45, 7) is 4.22. The van der Waals surface area contributed by atoms with Gasteiger partial charge in [-0.3, -0.25) is 14.9 Å². The zero-order valence-electron chi connectivity index (χ0n) is 22.1. The van der Waals surface area contributed by atoms with E-state index < -0.39 is 0 Å². The normalized spacial score (nSPS) is 16.5. The van der Waals surface area contributed by atoms with Crippen LogP contribution in [0.1, 0.15) is 48.1 Å². The van der Waals surface area contributed by atoms with Crippen LogP contribution in [0.25, 0.3) is 0 Å². The molecule has 1 spiro atoms. The van der Waals surface area contributed by atoms with E-state index in [1.165, 1.54) is 11.1 Å². The lowest BCUT2D eigenvalue weighted by Crippen LogP contribution is -2.48. The molecule has 1 fully saturated rings. The van der Waals surface area contributed by atoms with Gasteiger partial charge in [-0.25, -0.2) is 0 Å². The van der Waals surface area contributed by atoms with Gasteiger partial charge in [0.15, 0.2) is 0 Å². The van der Waals surface area contributed by atoms with Crippen LogP contribution in [0, 0.1) is 0 Å². The number of rotatable bonds is 9. The van der Waals surface area contributed by atoms with E-state index >= 15 is 0 Å². The van der Waals surface area contributed by atoms with Gasteiger partial charge < -0.3 is 19.7 Å². The number of esters is 1. The third kappa shape index (κ3) is 6.11. The second-order valence-electron chi connectivity index (χ2n) is 9.94. The number of carbonyl (C=O) groups is 2. The summed E-state index contributed by atoms with van der Waals surface area (Å²) in [6, 6.07) is 23.5. The fraction of sp³-hybridized carbons (Fsp3) is 0.355. The molecule has 8 heteroatoms. The number of ether oxygens (including phenoxy) is 2. The minimum Gasteiger partial charge on any atom is -0.465 e. The second kappa shape index (κ2) is 12.2. The second-order valence-corrected chi connectivity index (χ2v) is 10.4. The molecule has 1 atom stereocenters. The average molecular weight is 548 g/mol. The maximum absolute atomic E-state index is 13.4. The molecule has 1 amide bonds. The first-order valence-corrected chi connectivity index (χ1v) is 13.8. The highest BCUT2D eigenvalue weighted by molar-refractivity contribution is 6.30. The van der Waals surface area contributed by atoms with Gasteiger partial charge >= 0.3 is 5.97 Å². The van der Waals surface area contributed by atoms with Crippen LogP contribution in [-0.2, 0) is 31.3 Å². The van der Waals surface area contributed by atoms with Crippen molar-refractivity contribution >= 4 is 29.2 Å². The minimum atomic E-state index is -0.338. The van der Waals surface area contributed by atoms with Gasteiger partial charge in [-0.15, -0.1) is 0 Å². The van der Waals surface area contributed by atoms with E-state index in [-0.39, 0.29) is 36.6 Å². The SMILES string of the molecule is CCOC(=O)CNc1ccc(Cl)cc1C(NCC(=O)N1CCC2(CC1)OCc1ccccc12)c1ccccc1. The van der Waals surface area contributed by atoms with Gasteiger partial charge in [-0.2, -0.15) is 0 Å². The molecule has 0 aliphatic carbocycles. The number of nitrogens with zero attached hydrogens (tertiary/aromatic N) is 1. The van der Waals surface area contributed by atoms with E-state index in [1.54, 1.807) is 13.0 Å². The Morgan fingerprint density at radius 1 is 1.03 bits per heavy atom. The number of anilines is 1. The Morgan fingerprint density at radius 3 is 2.54 bits per heavy atom. The van der Waals surface area contributed by atoms with Crippen molar-refractivity contribution in [1.29, 1.82) is 0 Å². The molecular weight excluding hydrogens is 514 g/mol. The molecule has 5 rings (SSSR count). The van der Waals surface area contributed by atoms with E-state index in [0.717, 1.165) is 29.7 Å². The van der Waals surface area contributed by atoms with Gasteiger partial charge in [0.05, 0.1) is 31.4 Å². The number of halogens is 1. The van der Waals surface area contributed by atoms with E-state index in [1.807, 2.05) is 53.4 Å². The molecule has 3 aromatic rings. The third-order valence-corrected chi connectivity index (χ3v) is 7.81. The van der Waals surface area contributed by atoms with Crippen LogP contribution in [0.2, 0.25) is 5.02 Å². The highest BCUT2D eigenvalue weighted by atomic mass is 35.5. The summed E-state index contributed by atoms with van der Waals surface area (Å²) in [5, 5.41) is 7.22. The summed E-state index contributed by atoms with van der Waals surface area (Å²) in [5.74, 6) is -0.297. The van der Waals surface area contributed by atoms with Crippen LogP contribution in [-0.4, -0.2) is 49.6 Å². The van der Waals surface area contributed by atoms with Crippen LogP contribution < -0.4 is 10.6 Å². The smallest absolute Gasteiger partial charge is 0.325 e. The van der Waals surface area contributed by atoms with Crippen molar-refractivity contribution in [3.8, 4) is 0 Å². The maximum atomic E-state index is 13.4. The van der Waals surface area contributed by atoms with Gasteiger partial charge in [0.25, 0.3) is 0 Å². The van der Waals surface area contributed by atoms with Gasteiger partial charge in [0.1, 0.15) is 6.54 Å². The third-order valence-electron chi connectivity index (χ3n) is 7.58. The Labute approximate surface area is 234 Å². The predicted octanol–water partition coefficient (Wildman–Crippen LogP) is 5.04. The minimum absolute atomic E-state index is 0.0314. The lowest BCUT2D eigenvalue weighted by atomic mass is 9.84. The van der Waals surface area contributed by atoms with Crippen molar-refractivity contribution < 1.29 is 19.1 Å². The van der Waals surface area contributed by atoms with Crippen molar-refractivity contribution in [3.05, 3.63) is 100 Å². The molecule has 39 heavy (non-hydrogen) atoms. The Morgan fingerprint density at radius 2 is 1.77 bits per heavy atom. The number of hydrogen-bond donors (Lipinski definition) is 2. The van der Waals surface area contributed by atoms with Crippen LogP contribution in [0.3, 0.4) is 0 Å². The molecule has 3 aromatic carbocycles. The van der Waals surface area contributed by atoms with E-state index in [2.05, 4.69) is 28.8 Å². The Hall–Kier alpha value is -3.39. The molecule has 7 nitrogen and oxygen atoms in total. The lowest BCUT2D eigenvalue weighted by molar-refractivity contribution is -0.141. The fourth-order valence-electron chi connectivity index (χ4n) is 5.58. The molecule has 2 aliphatic rings. The van der Waals surface area contributed by atoms with Crippen molar-refractivity contribution in [1.82, 2.24) is 10.2 Å². The van der Waals surface area contributed by atoms with Gasteiger partial charge in [0.2, 0.25) is 5.91 Å². The standard InChI is InChI=1S/C31H34ClN3O4/c1-2-38-29(37)20-33-27-13-12-24(32)18-25(27)30(22-8-4-3-5-9-22)34-19-28(36)35-16-14-31(15-17-35)26-11-7-6-10-23(26)21-39-31/h3-13,18,30,33-34H,2,14-17,19-21H2,1H3. The molecule has 1 unspecified atom stereocenters. The fourth-order valence-corrected chi connectivity index (χ4v) is 5.76. The molecule has 2 N–H and O–H groups in total. The number of nitrogens with one attached hydrogen (secondary N) is 2. The average Bonchev–Trinajstić information content (AvgIpc) is 3.31. The predicted molar refractivity (Wildman–Crippen MR) is 152 cm³/mol. The number of carbonyl (C=O) groups excluding carboxylic acids is 2. The highest BCUT2D eigenvalue weighted by Crippen LogP contribution is 2.44. The zero-order valence-corrected chi connectivity index (χ0v) is 22.9. The zero-order chi connectivity index (χ0) is 27.2. The lowest BCUT2D eigenvalue weighted by Gasteiger charge is -2.39. The van der Waals surface area contributed by atoms with Crippen molar-refractivity contribution in [2.45, 2.75) is 38.0 Å². The summed E-state index contributed by atoms with van der Waals surface area (Å²) in [5.41, 5.74) is 4.81. The summed E-state index contributed by atoms with van der Waals surface area (Å²) in [6.07, 6.45) is 1.57. The topological polar surface area (TPSA) is 79.9 Å². The first kappa shape index (κ1) is 27.2. The van der Waals surface area contributed by atoms with Crippen molar-refractivity contribution in [2.75, 3.05) is 38.1 Å². The number of benzene rings is 3. The van der Waals surface area contributed by atoms with E-state index in [9.17, 15) is 9.59 Å². The van der Waals surface area contributed by atoms with Crippen LogP contribution in [0.15, 0.2) is 72.8 Å². The number of hydrogen-bond acceptors (Lipinski definition) is 6. The summed E-state index contributed by atoms with van der Waals surface area (Å²) in [7, 11) is 0. The van der Waals surface area contributed by atoms with E-state index in [4.69, 9.17) is 21.1 Å². The molecular formula is C31H34ClN3O4. The maximum Gasteiger partial charge on any atom is 0.325 e. The Kier molecular flexibility index (Phi) is 8.50. The molecule has 1 saturated heterocycles. The van der Waals surface area contributed by atoms with Gasteiger partial charge in [0, 0.05) is 23.8 Å². The number of amides is 1. The molecule has 0 radical (unpaired) electrons. The van der Waals surface area contributed by atoms with Crippen LogP contribution in [0.5, 0.6) is 0 Å². The molecule has 2 heterocycles.